The number of carbonyl (C=O) groups excluding carboxylic acids is 3. The van der Waals surface area contributed by atoms with Gasteiger partial charge in [0.2, 0.25) is 0 Å². The average molecular weight is 1120 g/mol. The number of hydrogen-bond acceptors (Lipinski definition) is 10. The van der Waals surface area contributed by atoms with Gasteiger partial charge in [-0.25, -0.2) is 4.57 Å². The molecule has 458 valence electrons. The van der Waals surface area contributed by atoms with Crippen LogP contribution in [0.4, 0.5) is 0 Å². The second-order valence-electron chi connectivity index (χ2n) is 22.3. The molecule has 0 aliphatic rings. The maximum Gasteiger partial charge on any atom is 0.472 e. The standard InChI is InChI=1S/C66H123O11P/c1-4-7-10-13-16-19-22-25-28-30-31-33-35-37-40-43-46-49-52-55-64(68)73-59-63(77-66(70)57-54-51-48-45-42-39-36-32-29-26-23-20-17-14-11-8-5-2)61-75-78(71,72)74-60-62(58-67)76-65(69)56-53-50-47-44-41-38-34-27-24-21-18-15-12-9-6-3/h18,21,26-27,29,34,62-63,67H,4-17,19-20,22-25,28,30-33,35-61H2,1-3H3,(H,71,72)/b21-18-,29-26-,34-27-. The quantitative estimate of drug-likeness (QED) is 0.0197. The lowest BCUT2D eigenvalue weighted by molar-refractivity contribution is -0.161. The second kappa shape index (κ2) is 60.8. The van der Waals surface area contributed by atoms with Gasteiger partial charge in [-0.2, -0.15) is 0 Å². The molecule has 0 spiro atoms. The van der Waals surface area contributed by atoms with Crippen LogP contribution in [0.1, 0.15) is 329 Å². The minimum Gasteiger partial charge on any atom is -0.462 e. The van der Waals surface area contributed by atoms with Crippen molar-refractivity contribution >= 4 is 25.7 Å². The van der Waals surface area contributed by atoms with Crippen LogP contribution < -0.4 is 0 Å². The van der Waals surface area contributed by atoms with Gasteiger partial charge in [0, 0.05) is 19.3 Å². The Bertz CT molecular complexity index is 1450. The van der Waals surface area contributed by atoms with E-state index in [1.54, 1.807) is 0 Å². The second-order valence-corrected chi connectivity index (χ2v) is 23.7. The van der Waals surface area contributed by atoms with Crippen molar-refractivity contribution in [3.05, 3.63) is 36.5 Å². The van der Waals surface area contributed by atoms with E-state index >= 15 is 0 Å². The number of hydrogen-bond donors (Lipinski definition) is 2. The molecule has 0 radical (unpaired) electrons. The zero-order chi connectivity index (χ0) is 56.9. The van der Waals surface area contributed by atoms with Crippen molar-refractivity contribution in [3.8, 4) is 0 Å². The molecule has 0 fully saturated rings. The van der Waals surface area contributed by atoms with Crippen LogP contribution in [0.2, 0.25) is 0 Å². The molecular formula is C66H123O11P. The van der Waals surface area contributed by atoms with E-state index in [9.17, 15) is 28.9 Å². The topological polar surface area (TPSA) is 155 Å². The smallest absolute Gasteiger partial charge is 0.462 e. The van der Waals surface area contributed by atoms with Gasteiger partial charge in [0.15, 0.2) is 6.10 Å². The van der Waals surface area contributed by atoms with E-state index in [4.69, 9.17) is 23.3 Å². The van der Waals surface area contributed by atoms with E-state index in [-0.39, 0.29) is 25.9 Å². The lowest BCUT2D eigenvalue weighted by Gasteiger charge is -2.21. The highest BCUT2D eigenvalue weighted by molar-refractivity contribution is 7.47. The van der Waals surface area contributed by atoms with Gasteiger partial charge in [-0.1, -0.05) is 269 Å². The lowest BCUT2D eigenvalue weighted by atomic mass is 10.0. The average Bonchev–Trinajstić information content (AvgIpc) is 3.43. The van der Waals surface area contributed by atoms with Crippen molar-refractivity contribution in [1.82, 2.24) is 0 Å². The molecule has 0 aromatic heterocycles. The first kappa shape index (κ1) is 75.7. The van der Waals surface area contributed by atoms with Gasteiger partial charge < -0.3 is 24.2 Å². The summed E-state index contributed by atoms with van der Waals surface area (Å²) in [6, 6.07) is 0. The number of esters is 3. The first-order valence-corrected chi connectivity index (χ1v) is 34.4. The van der Waals surface area contributed by atoms with Crippen LogP contribution >= 0.6 is 7.82 Å². The third-order valence-corrected chi connectivity index (χ3v) is 15.5. The predicted octanol–water partition coefficient (Wildman–Crippen LogP) is 19.9. The number of ether oxygens (including phenoxy) is 3. The molecule has 78 heavy (non-hydrogen) atoms. The highest BCUT2D eigenvalue weighted by Crippen LogP contribution is 2.43. The Balaban J connectivity index is 4.67. The van der Waals surface area contributed by atoms with Gasteiger partial charge in [-0.3, -0.25) is 23.4 Å². The summed E-state index contributed by atoms with van der Waals surface area (Å²) in [4.78, 5) is 48.8. The summed E-state index contributed by atoms with van der Waals surface area (Å²) in [7, 11) is -4.75. The molecule has 0 aromatic rings. The minimum absolute atomic E-state index is 0.164. The zero-order valence-electron chi connectivity index (χ0n) is 50.9. The monoisotopic (exact) mass is 1120 g/mol. The molecule has 0 rings (SSSR count). The van der Waals surface area contributed by atoms with Crippen LogP contribution in [0.15, 0.2) is 36.5 Å². The number of rotatable bonds is 62. The number of unbranched alkanes of at least 4 members (excludes halogenated alkanes) is 39. The van der Waals surface area contributed by atoms with E-state index in [0.717, 1.165) is 89.9 Å². The van der Waals surface area contributed by atoms with E-state index in [1.165, 1.54) is 180 Å². The van der Waals surface area contributed by atoms with Gasteiger partial charge in [0.05, 0.1) is 19.8 Å². The van der Waals surface area contributed by atoms with E-state index in [0.29, 0.717) is 19.3 Å². The highest BCUT2D eigenvalue weighted by Gasteiger charge is 2.28. The number of phosphoric ester groups is 1. The summed E-state index contributed by atoms with van der Waals surface area (Å²) in [5.74, 6) is -1.46. The van der Waals surface area contributed by atoms with Gasteiger partial charge in [-0.05, 0) is 77.0 Å². The van der Waals surface area contributed by atoms with Crippen molar-refractivity contribution in [1.29, 1.82) is 0 Å². The molecule has 2 N–H and O–H groups in total. The molecule has 0 amide bonds. The Morgan fingerprint density at radius 2 is 0.628 bits per heavy atom. The SMILES string of the molecule is CCCCC/C=C\C/C=C\CCCCCCCC(=O)OC(CO)COP(=O)(O)OCC(COC(=O)CCCCCCCCCCCCCCCCCCCCC)OC(=O)CCCCCCCCC/C=C\CCCCCCCC. The number of carbonyl (C=O) groups is 3. The fourth-order valence-corrected chi connectivity index (χ4v) is 10.3. The van der Waals surface area contributed by atoms with E-state index < -0.39 is 57.8 Å². The van der Waals surface area contributed by atoms with Crippen molar-refractivity contribution in [2.45, 2.75) is 341 Å². The Labute approximate surface area is 480 Å². The fraction of sp³-hybridized carbons (Fsp3) is 0.864. The first-order valence-electron chi connectivity index (χ1n) is 32.9. The molecule has 11 nitrogen and oxygen atoms in total. The minimum atomic E-state index is -4.75. The number of aliphatic hydroxyl groups is 1. The third kappa shape index (κ3) is 58.4. The van der Waals surface area contributed by atoms with Crippen LogP contribution in [0.3, 0.4) is 0 Å². The summed E-state index contributed by atoms with van der Waals surface area (Å²) in [5.41, 5.74) is 0. The largest absolute Gasteiger partial charge is 0.472 e. The van der Waals surface area contributed by atoms with Gasteiger partial charge in [0.25, 0.3) is 0 Å². The van der Waals surface area contributed by atoms with Gasteiger partial charge in [0.1, 0.15) is 12.7 Å². The molecule has 3 unspecified atom stereocenters. The van der Waals surface area contributed by atoms with E-state index in [1.807, 2.05) is 0 Å². The summed E-state index contributed by atoms with van der Waals surface area (Å²) in [5, 5.41) is 9.84. The summed E-state index contributed by atoms with van der Waals surface area (Å²) >= 11 is 0. The normalized spacial score (nSPS) is 13.4. The first-order chi connectivity index (χ1) is 38.2. The Kier molecular flexibility index (Phi) is 59.0. The lowest BCUT2D eigenvalue weighted by Crippen LogP contribution is -2.30. The third-order valence-electron chi connectivity index (χ3n) is 14.5. The number of aliphatic hydroxyl groups excluding tert-OH is 1. The number of allylic oxidation sites excluding steroid dienone is 6. The number of phosphoric acid groups is 1. The fourth-order valence-electron chi connectivity index (χ4n) is 9.50. The highest BCUT2D eigenvalue weighted by atomic mass is 31.2. The summed E-state index contributed by atoms with van der Waals surface area (Å²) < 4.78 is 39.7. The summed E-state index contributed by atoms with van der Waals surface area (Å²) in [6.45, 7) is 4.67. The van der Waals surface area contributed by atoms with Crippen molar-refractivity contribution in [3.63, 3.8) is 0 Å². The zero-order valence-corrected chi connectivity index (χ0v) is 51.8. The molecular weight excluding hydrogens is 1000 g/mol. The van der Waals surface area contributed by atoms with Gasteiger partial charge >= 0.3 is 25.7 Å². The summed E-state index contributed by atoms with van der Waals surface area (Å²) in [6.07, 6.45) is 65.2. The Morgan fingerprint density at radius 3 is 0.987 bits per heavy atom. The molecule has 12 heteroatoms. The van der Waals surface area contributed by atoms with Crippen molar-refractivity contribution < 1.29 is 52.2 Å². The van der Waals surface area contributed by atoms with Crippen LogP contribution in [-0.2, 0) is 42.2 Å². The molecule has 0 bridgehead atoms. The Hall–Kier alpha value is -2.30. The molecule has 0 saturated carbocycles. The molecule has 0 saturated heterocycles. The molecule has 0 aliphatic heterocycles. The van der Waals surface area contributed by atoms with Crippen LogP contribution in [-0.4, -0.2) is 66.5 Å². The van der Waals surface area contributed by atoms with Crippen LogP contribution in [0.25, 0.3) is 0 Å². The maximum absolute atomic E-state index is 13.0. The molecule has 0 heterocycles. The van der Waals surface area contributed by atoms with Crippen molar-refractivity contribution in [2.75, 3.05) is 26.4 Å². The Morgan fingerprint density at radius 1 is 0.359 bits per heavy atom. The maximum atomic E-state index is 13.0. The molecule has 0 aliphatic carbocycles. The molecule has 0 aromatic carbocycles. The van der Waals surface area contributed by atoms with Crippen LogP contribution in [0.5, 0.6) is 0 Å². The van der Waals surface area contributed by atoms with Crippen LogP contribution in [0, 0.1) is 0 Å². The van der Waals surface area contributed by atoms with Gasteiger partial charge in [-0.15, -0.1) is 0 Å². The predicted molar refractivity (Wildman–Crippen MR) is 326 cm³/mol. The van der Waals surface area contributed by atoms with E-state index in [2.05, 4.69) is 57.2 Å². The molecule has 3 atom stereocenters. The van der Waals surface area contributed by atoms with Crippen molar-refractivity contribution in [2.24, 2.45) is 0 Å².